The summed E-state index contributed by atoms with van der Waals surface area (Å²) < 4.78 is 7.29. The minimum absolute atomic E-state index is 0.0551. The highest BCUT2D eigenvalue weighted by Gasteiger charge is 2.33. The van der Waals surface area contributed by atoms with E-state index < -0.39 is 0 Å². The van der Waals surface area contributed by atoms with E-state index in [0.29, 0.717) is 22.9 Å². The van der Waals surface area contributed by atoms with E-state index in [4.69, 9.17) is 4.74 Å². The molecule has 0 bridgehead atoms. The summed E-state index contributed by atoms with van der Waals surface area (Å²) >= 11 is 1.31. The SMILES string of the molecule is CC(C)[C@H]1CC[C@@H](C)C[C@H]1OC(=O)CSc1nnnn1C. The number of nitrogens with zero attached hydrogens (tertiary/aromatic N) is 4. The summed E-state index contributed by atoms with van der Waals surface area (Å²) in [4.78, 5) is 12.1. The summed E-state index contributed by atoms with van der Waals surface area (Å²) in [6.45, 7) is 6.65. The van der Waals surface area contributed by atoms with Crippen LogP contribution in [0.15, 0.2) is 5.16 Å². The molecular weight excluding hydrogens is 288 g/mol. The van der Waals surface area contributed by atoms with E-state index in [0.717, 1.165) is 12.8 Å². The van der Waals surface area contributed by atoms with Crippen molar-refractivity contribution < 1.29 is 9.53 Å². The lowest BCUT2D eigenvalue weighted by Crippen LogP contribution is -2.36. The molecule has 0 radical (unpaired) electrons. The number of ether oxygens (including phenoxy) is 1. The van der Waals surface area contributed by atoms with Gasteiger partial charge in [-0.15, -0.1) is 5.10 Å². The number of carbonyl (C=O) groups is 1. The summed E-state index contributed by atoms with van der Waals surface area (Å²) in [7, 11) is 1.76. The largest absolute Gasteiger partial charge is 0.461 e. The quantitative estimate of drug-likeness (QED) is 0.614. The van der Waals surface area contributed by atoms with Crippen molar-refractivity contribution in [1.29, 1.82) is 0 Å². The van der Waals surface area contributed by atoms with E-state index in [9.17, 15) is 4.79 Å². The number of thioether (sulfide) groups is 1. The molecule has 1 heterocycles. The number of aryl methyl sites for hydroxylation is 1. The van der Waals surface area contributed by atoms with E-state index in [1.807, 2.05) is 0 Å². The Labute approximate surface area is 130 Å². The second kappa shape index (κ2) is 7.24. The maximum atomic E-state index is 12.1. The van der Waals surface area contributed by atoms with Crippen molar-refractivity contribution >= 4 is 17.7 Å². The van der Waals surface area contributed by atoms with Gasteiger partial charge in [0.2, 0.25) is 5.16 Å². The zero-order valence-electron chi connectivity index (χ0n) is 13.2. The first-order chi connectivity index (χ1) is 9.97. The molecule has 6 nitrogen and oxygen atoms in total. The smallest absolute Gasteiger partial charge is 0.316 e. The predicted molar refractivity (Wildman–Crippen MR) is 80.7 cm³/mol. The zero-order valence-corrected chi connectivity index (χ0v) is 14.0. The highest BCUT2D eigenvalue weighted by atomic mass is 32.2. The molecule has 0 spiro atoms. The van der Waals surface area contributed by atoms with Crippen LogP contribution in [-0.2, 0) is 16.6 Å². The highest BCUT2D eigenvalue weighted by Crippen LogP contribution is 2.35. The molecule has 0 N–H and O–H groups in total. The molecule has 0 unspecified atom stereocenters. The molecule has 0 amide bonds. The topological polar surface area (TPSA) is 69.9 Å². The van der Waals surface area contributed by atoms with Gasteiger partial charge in [0.05, 0.1) is 5.75 Å². The van der Waals surface area contributed by atoms with Crippen molar-refractivity contribution in [3.63, 3.8) is 0 Å². The van der Waals surface area contributed by atoms with Crippen LogP contribution in [0.3, 0.4) is 0 Å². The van der Waals surface area contributed by atoms with Crippen LogP contribution in [0.1, 0.15) is 40.0 Å². The Morgan fingerprint density at radius 1 is 1.48 bits per heavy atom. The number of esters is 1. The Kier molecular flexibility index (Phi) is 5.61. The van der Waals surface area contributed by atoms with Gasteiger partial charge in [-0.05, 0) is 41.0 Å². The second-order valence-electron chi connectivity index (χ2n) is 6.23. The summed E-state index contributed by atoms with van der Waals surface area (Å²) in [5.41, 5.74) is 0. The Morgan fingerprint density at radius 3 is 2.86 bits per heavy atom. The lowest BCUT2D eigenvalue weighted by molar-refractivity contribution is -0.152. The van der Waals surface area contributed by atoms with Gasteiger partial charge in [-0.25, -0.2) is 4.68 Å². The molecule has 21 heavy (non-hydrogen) atoms. The van der Waals surface area contributed by atoms with Crippen LogP contribution in [-0.4, -0.2) is 38.0 Å². The fourth-order valence-corrected chi connectivity index (χ4v) is 3.55. The molecule has 0 saturated heterocycles. The molecule has 1 aromatic heterocycles. The normalized spacial score (nSPS) is 26.0. The van der Waals surface area contributed by atoms with Gasteiger partial charge in [0.25, 0.3) is 0 Å². The number of carbonyl (C=O) groups excluding carboxylic acids is 1. The first-order valence-corrected chi connectivity index (χ1v) is 8.50. The Hall–Kier alpha value is -1.11. The fourth-order valence-electron chi connectivity index (χ4n) is 2.92. The third kappa shape index (κ3) is 4.43. The average molecular weight is 312 g/mol. The van der Waals surface area contributed by atoms with Crippen LogP contribution < -0.4 is 0 Å². The summed E-state index contributed by atoms with van der Waals surface area (Å²) in [5, 5.41) is 11.8. The van der Waals surface area contributed by atoms with Crippen LogP contribution in [0, 0.1) is 17.8 Å². The summed E-state index contributed by atoms with van der Waals surface area (Å²) in [5.74, 6) is 1.74. The first-order valence-electron chi connectivity index (χ1n) is 7.52. The molecular formula is C14H24N4O2S. The summed E-state index contributed by atoms with van der Waals surface area (Å²) in [6, 6.07) is 0. The zero-order chi connectivity index (χ0) is 15.4. The molecule has 1 aromatic rings. The van der Waals surface area contributed by atoms with E-state index in [1.54, 1.807) is 11.7 Å². The molecule has 0 aliphatic heterocycles. The molecule has 1 aliphatic carbocycles. The minimum Gasteiger partial charge on any atom is -0.461 e. The minimum atomic E-state index is -0.173. The van der Waals surface area contributed by atoms with Gasteiger partial charge < -0.3 is 4.74 Å². The maximum absolute atomic E-state index is 12.1. The van der Waals surface area contributed by atoms with Crippen molar-refractivity contribution in [1.82, 2.24) is 20.2 Å². The highest BCUT2D eigenvalue weighted by molar-refractivity contribution is 7.99. The molecule has 1 saturated carbocycles. The van der Waals surface area contributed by atoms with Gasteiger partial charge in [-0.2, -0.15) is 0 Å². The van der Waals surface area contributed by atoms with E-state index in [-0.39, 0.29) is 17.8 Å². The van der Waals surface area contributed by atoms with Gasteiger partial charge >= 0.3 is 5.97 Å². The Bertz CT molecular complexity index is 477. The Morgan fingerprint density at radius 2 is 2.24 bits per heavy atom. The number of hydrogen-bond acceptors (Lipinski definition) is 6. The average Bonchev–Trinajstić information content (AvgIpc) is 2.81. The van der Waals surface area contributed by atoms with Gasteiger partial charge in [0.1, 0.15) is 6.10 Å². The molecule has 1 fully saturated rings. The lowest BCUT2D eigenvalue weighted by Gasteiger charge is -2.36. The van der Waals surface area contributed by atoms with E-state index in [1.165, 1.54) is 18.2 Å². The Balaban J connectivity index is 1.86. The van der Waals surface area contributed by atoms with Crippen molar-refractivity contribution in [3.8, 4) is 0 Å². The van der Waals surface area contributed by atoms with Crippen molar-refractivity contribution in [2.75, 3.05) is 5.75 Å². The summed E-state index contributed by atoms with van der Waals surface area (Å²) in [6.07, 6.45) is 3.41. The molecule has 0 aromatic carbocycles. The van der Waals surface area contributed by atoms with Gasteiger partial charge in [0, 0.05) is 7.05 Å². The van der Waals surface area contributed by atoms with Crippen molar-refractivity contribution in [2.45, 2.75) is 51.3 Å². The van der Waals surface area contributed by atoms with Crippen molar-refractivity contribution in [3.05, 3.63) is 0 Å². The molecule has 7 heteroatoms. The van der Waals surface area contributed by atoms with Crippen LogP contribution in [0.25, 0.3) is 0 Å². The molecule has 118 valence electrons. The standard InChI is InChI=1S/C14H24N4O2S/c1-9(2)11-6-5-10(3)7-12(11)20-13(19)8-21-14-15-16-17-18(14)4/h9-12H,5-8H2,1-4H3/t10-,11-,12-/m1/s1. The molecule has 3 atom stereocenters. The maximum Gasteiger partial charge on any atom is 0.316 e. The van der Waals surface area contributed by atoms with Crippen LogP contribution in [0.4, 0.5) is 0 Å². The third-order valence-electron chi connectivity index (χ3n) is 4.14. The third-order valence-corrected chi connectivity index (χ3v) is 5.13. The number of aromatic nitrogens is 4. The monoisotopic (exact) mass is 312 g/mol. The van der Waals surface area contributed by atoms with E-state index in [2.05, 4.69) is 36.3 Å². The van der Waals surface area contributed by atoms with Crippen LogP contribution in [0.5, 0.6) is 0 Å². The van der Waals surface area contributed by atoms with E-state index >= 15 is 0 Å². The second-order valence-corrected chi connectivity index (χ2v) is 7.17. The number of rotatable bonds is 5. The first kappa shape index (κ1) is 16.3. The van der Waals surface area contributed by atoms with Gasteiger partial charge in [-0.1, -0.05) is 39.0 Å². The van der Waals surface area contributed by atoms with Crippen LogP contribution >= 0.6 is 11.8 Å². The fraction of sp³-hybridized carbons (Fsp3) is 0.857. The number of hydrogen-bond donors (Lipinski definition) is 0. The predicted octanol–water partition coefficient (Wildman–Crippen LogP) is 2.31. The van der Waals surface area contributed by atoms with Crippen molar-refractivity contribution in [2.24, 2.45) is 24.8 Å². The van der Waals surface area contributed by atoms with Gasteiger partial charge in [0.15, 0.2) is 0 Å². The molecule has 2 rings (SSSR count). The molecule has 1 aliphatic rings. The van der Waals surface area contributed by atoms with Gasteiger partial charge in [-0.3, -0.25) is 4.79 Å². The van der Waals surface area contributed by atoms with Crippen LogP contribution in [0.2, 0.25) is 0 Å². The lowest BCUT2D eigenvalue weighted by atomic mass is 9.75. The number of tetrazole rings is 1.